The quantitative estimate of drug-likeness (QED) is 0.310. The van der Waals surface area contributed by atoms with E-state index in [0.717, 1.165) is 25.7 Å². The van der Waals surface area contributed by atoms with Gasteiger partial charge < -0.3 is 19.6 Å². The van der Waals surface area contributed by atoms with Crippen LogP contribution in [0.1, 0.15) is 12.8 Å². The summed E-state index contributed by atoms with van der Waals surface area (Å²) in [7, 11) is 1.59. The highest BCUT2D eigenvalue weighted by Gasteiger charge is 2.23. The number of amides is 1. The summed E-state index contributed by atoms with van der Waals surface area (Å²) in [4.78, 5) is 22.1. The lowest BCUT2D eigenvalue weighted by molar-refractivity contribution is -0.124. The normalized spacial score (nSPS) is 19.9. The second kappa shape index (κ2) is 8.98. The van der Waals surface area contributed by atoms with E-state index in [9.17, 15) is 9.59 Å². The molecule has 0 aromatic carbocycles. The van der Waals surface area contributed by atoms with Gasteiger partial charge in [-0.15, -0.1) is 0 Å². The molecule has 1 fully saturated rings. The minimum atomic E-state index is -0.163. The molecule has 7 heteroatoms. The summed E-state index contributed by atoms with van der Waals surface area (Å²) in [5.74, 6) is -0.163. The molecule has 0 aromatic heterocycles. The topological polar surface area (TPSA) is 79.9 Å². The Labute approximate surface area is 107 Å². The standard InChI is InChI=1S/C11H21N3O4/c1-17-5-6-18-9-12-11(16)7-13-14-4-2-3-10(14)8-15/h8,10,13H,2-7,9H2,1H3,(H,12,16)/t10-/m0/s1. The number of hydrogen-bond donors (Lipinski definition) is 2. The van der Waals surface area contributed by atoms with Gasteiger partial charge in [0.2, 0.25) is 5.91 Å². The maximum atomic E-state index is 11.4. The van der Waals surface area contributed by atoms with E-state index in [4.69, 9.17) is 9.47 Å². The number of rotatable bonds is 9. The van der Waals surface area contributed by atoms with Crippen LogP contribution >= 0.6 is 0 Å². The Morgan fingerprint density at radius 3 is 3.06 bits per heavy atom. The number of ether oxygens (including phenoxy) is 2. The van der Waals surface area contributed by atoms with E-state index in [2.05, 4.69) is 10.7 Å². The van der Waals surface area contributed by atoms with E-state index < -0.39 is 0 Å². The number of nitrogens with one attached hydrogen (secondary N) is 2. The summed E-state index contributed by atoms with van der Waals surface area (Å²) in [5.41, 5.74) is 2.94. The van der Waals surface area contributed by atoms with Crippen LogP contribution in [0.15, 0.2) is 0 Å². The summed E-state index contributed by atoms with van der Waals surface area (Å²) in [6.07, 6.45) is 2.72. The maximum absolute atomic E-state index is 11.4. The predicted octanol–water partition coefficient (Wildman–Crippen LogP) is -1.11. The molecule has 2 N–H and O–H groups in total. The van der Waals surface area contributed by atoms with Crippen molar-refractivity contribution in [2.24, 2.45) is 0 Å². The van der Waals surface area contributed by atoms with Gasteiger partial charge in [-0.1, -0.05) is 0 Å². The third-order valence-electron chi connectivity index (χ3n) is 2.70. The molecule has 0 unspecified atom stereocenters. The Bertz CT molecular complexity index is 263. The Kier molecular flexibility index (Phi) is 7.51. The van der Waals surface area contributed by atoms with Crippen molar-refractivity contribution >= 4 is 12.2 Å². The highest BCUT2D eigenvalue weighted by Crippen LogP contribution is 2.11. The minimum absolute atomic E-state index is 0.115. The van der Waals surface area contributed by atoms with Gasteiger partial charge in [0.25, 0.3) is 0 Å². The first kappa shape index (κ1) is 15.0. The maximum Gasteiger partial charge on any atom is 0.237 e. The summed E-state index contributed by atoms with van der Waals surface area (Å²) >= 11 is 0. The van der Waals surface area contributed by atoms with E-state index >= 15 is 0 Å². The van der Waals surface area contributed by atoms with Crippen LogP contribution in [0.2, 0.25) is 0 Å². The molecule has 1 amide bonds. The summed E-state index contributed by atoms with van der Waals surface area (Å²) in [6, 6.07) is -0.115. The van der Waals surface area contributed by atoms with Crippen LogP contribution in [-0.4, -0.2) is 63.4 Å². The average molecular weight is 259 g/mol. The van der Waals surface area contributed by atoms with Crippen LogP contribution in [0.3, 0.4) is 0 Å². The molecule has 1 atom stereocenters. The molecule has 18 heavy (non-hydrogen) atoms. The van der Waals surface area contributed by atoms with Gasteiger partial charge in [-0.25, -0.2) is 10.4 Å². The zero-order valence-electron chi connectivity index (χ0n) is 10.7. The van der Waals surface area contributed by atoms with Gasteiger partial charge in [-0.3, -0.25) is 4.79 Å². The third-order valence-corrected chi connectivity index (χ3v) is 2.70. The SMILES string of the molecule is COCCOCNC(=O)CNN1CCC[C@H]1C=O. The van der Waals surface area contributed by atoms with E-state index in [-0.39, 0.29) is 25.2 Å². The summed E-state index contributed by atoms with van der Waals surface area (Å²) in [6.45, 7) is 2.06. The molecular weight excluding hydrogens is 238 g/mol. The third kappa shape index (κ3) is 5.54. The molecule has 0 bridgehead atoms. The zero-order valence-corrected chi connectivity index (χ0v) is 10.7. The van der Waals surface area contributed by atoms with Gasteiger partial charge in [0.05, 0.1) is 25.8 Å². The molecule has 0 aromatic rings. The van der Waals surface area contributed by atoms with E-state index in [0.29, 0.717) is 13.2 Å². The molecule has 0 saturated carbocycles. The number of methoxy groups -OCH3 is 1. The van der Waals surface area contributed by atoms with Gasteiger partial charge in [-0.2, -0.15) is 0 Å². The van der Waals surface area contributed by atoms with Crippen molar-refractivity contribution in [3.05, 3.63) is 0 Å². The van der Waals surface area contributed by atoms with Crippen molar-refractivity contribution in [1.82, 2.24) is 15.8 Å². The molecule has 0 radical (unpaired) electrons. The van der Waals surface area contributed by atoms with Crippen molar-refractivity contribution in [2.45, 2.75) is 18.9 Å². The lowest BCUT2D eigenvalue weighted by Crippen LogP contribution is -2.47. The summed E-state index contributed by atoms with van der Waals surface area (Å²) in [5, 5.41) is 4.41. The zero-order chi connectivity index (χ0) is 13.2. The number of hydrazine groups is 1. The number of nitrogens with zero attached hydrogens (tertiary/aromatic N) is 1. The lowest BCUT2D eigenvalue weighted by atomic mass is 10.2. The minimum Gasteiger partial charge on any atom is -0.382 e. The van der Waals surface area contributed by atoms with Gasteiger partial charge in [0.1, 0.15) is 13.0 Å². The van der Waals surface area contributed by atoms with Gasteiger partial charge in [0.15, 0.2) is 0 Å². The second-order valence-electron chi connectivity index (χ2n) is 4.02. The number of carbonyl (C=O) groups is 2. The molecule has 1 heterocycles. The van der Waals surface area contributed by atoms with E-state index in [1.54, 1.807) is 12.1 Å². The molecule has 0 aliphatic carbocycles. The van der Waals surface area contributed by atoms with Gasteiger partial charge >= 0.3 is 0 Å². The average Bonchev–Trinajstić information content (AvgIpc) is 2.83. The molecular formula is C11H21N3O4. The second-order valence-corrected chi connectivity index (χ2v) is 4.02. The molecule has 0 spiro atoms. The van der Waals surface area contributed by atoms with Crippen molar-refractivity contribution < 1.29 is 19.1 Å². The number of hydrogen-bond acceptors (Lipinski definition) is 6. The molecule has 1 saturated heterocycles. The van der Waals surface area contributed by atoms with Crippen LogP contribution in [0.25, 0.3) is 0 Å². The molecule has 1 aliphatic rings. The fraction of sp³-hybridized carbons (Fsp3) is 0.818. The van der Waals surface area contributed by atoms with Crippen molar-refractivity contribution in [2.75, 3.05) is 40.1 Å². The van der Waals surface area contributed by atoms with E-state index in [1.165, 1.54) is 0 Å². The fourth-order valence-corrected chi connectivity index (χ4v) is 1.71. The van der Waals surface area contributed by atoms with Crippen LogP contribution in [0, 0.1) is 0 Å². The largest absolute Gasteiger partial charge is 0.382 e. The molecule has 1 rings (SSSR count). The highest BCUT2D eigenvalue weighted by molar-refractivity contribution is 5.77. The Balaban J connectivity index is 2.04. The monoisotopic (exact) mass is 259 g/mol. The molecule has 104 valence electrons. The fourth-order valence-electron chi connectivity index (χ4n) is 1.71. The van der Waals surface area contributed by atoms with Crippen LogP contribution < -0.4 is 10.7 Å². The number of carbonyl (C=O) groups excluding carboxylic acids is 2. The molecule has 1 aliphatic heterocycles. The van der Waals surface area contributed by atoms with Crippen molar-refractivity contribution in [3.8, 4) is 0 Å². The highest BCUT2D eigenvalue weighted by atomic mass is 16.5. The number of aldehydes is 1. The first-order chi connectivity index (χ1) is 8.77. The van der Waals surface area contributed by atoms with Crippen LogP contribution in [-0.2, 0) is 19.1 Å². The van der Waals surface area contributed by atoms with Gasteiger partial charge in [0, 0.05) is 13.7 Å². The summed E-state index contributed by atoms with van der Waals surface area (Å²) < 4.78 is 9.90. The Hall–Kier alpha value is -1.02. The van der Waals surface area contributed by atoms with Gasteiger partial charge in [-0.05, 0) is 12.8 Å². The van der Waals surface area contributed by atoms with Crippen molar-refractivity contribution in [1.29, 1.82) is 0 Å². The first-order valence-corrected chi connectivity index (χ1v) is 6.06. The Morgan fingerprint density at radius 2 is 2.33 bits per heavy atom. The first-order valence-electron chi connectivity index (χ1n) is 6.06. The predicted molar refractivity (Wildman–Crippen MR) is 64.6 cm³/mol. The van der Waals surface area contributed by atoms with Crippen LogP contribution in [0.5, 0.6) is 0 Å². The van der Waals surface area contributed by atoms with E-state index in [1.807, 2.05) is 0 Å². The van der Waals surface area contributed by atoms with Crippen molar-refractivity contribution in [3.63, 3.8) is 0 Å². The smallest absolute Gasteiger partial charge is 0.237 e. The molecule has 7 nitrogen and oxygen atoms in total. The Morgan fingerprint density at radius 1 is 1.50 bits per heavy atom. The van der Waals surface area contributed by atoms with Crippen LogP contribution in [0.4, 0.5) is 0 Å². The lowest BCUT2D eigenvalue weighted by Gasteiger charge is -2.20.